The van der Waals surface area contributed by atoms with Crippen molar-refractivity contribution >= 4 is 34.5 Å². The third kappa shape index (κ3) is 4.75. The maximum absolute atomic E-state index is 12.4. The van der Waals surface area contributed by atoms with E-state index in [2.05, 4.69) is 10.2 Å². The first-order valence-electron chi connectivity index (χ1n) is 11.8. The van der Waals surface area contributed by atoms with Crippen molar-refractivity contribution in [1.29, 1.82) is 0 Å². The van der Waals surface area contributed by atoms with Crippen molar-refractivity contribution in [1.82, 2.24) is 9.97 Å². The Morgan fingerprint density at radius 2 is 1.88 bits per heavy atom. The van der Waals surface area contributed by atoms with Gasteiger partial charge in [-0.1, -0.05) is 12.1 Å². The maximum atomic E-state index is 12.4. The topological polar surface area (TPSA) is 87.6 Å². The van der Waals surface area contributed by atoms with Gasteiger partial charge in [0.1, 0.15) is 5.75 Å². The number of hydrogen-bond donors (Lipinski definition) is 2. The van der Waals surface area contributed by atoms with Gasteiger partial charge in [0.2, 0.25) is 11.9 Å². The molecule has 176 valence electrons. The summed E-state index contributed by atoms with van der Waals surface area (Å²) in [4.78, 5) is 24.1. The van der Waals surface area contributed by atoms with Crippen molar-refractivity contribution in [3.05, 3.63) is 59.8 Å². The Balaban J connectivity index is 1.26. The zero-order valence-corrected chi connectivity index (χ0v) is 19.6. The smallest absolute Gasteiger partial charge is 0.248 e. The minimum atomic E-state index is -0.503. The molecule has 1 saturated carbocycles. The fourth-order valence-electron chi connectivity index (χ4n) is 4.68. The molecule has 0 unspecified atom stereocenters. The van der Waals surface area contributed by atoms with Crippen LogP contribution in [0.15, 0.2) is 48.5 Å². The molecule has 0 atom stereocenters. The molecule has 0 bridgehead atoms. The highest BCUT2D eigenvalue weighted by Gasteiger charge is 2.45. The monoisotopic (exact) mass is 458 g/mol. The number of aromatic nitrogens is 2. The van der Waals surface area contributed by atoms with E-state index >= 15 is 0 Å². The molecule has 34 heavy (non-hydrogen) atoms. The van der Waals surface area contributed by atoms with E-state index in [1.165, 1.54) is 6.08 Å². The van der Waals surface area contributed by atoms with E-state index in [1.54, 1.807) is 13.2 Å². The highest BCUT2D eigenvalue weighted by molar-refractivity contribution is 6.03. The highest BCUT2D eigenvalue weighted by atomic mass is 16.5. The lowest BCUT2D eigenvalue weighted by atomic mass is 9.87. The number of anilines is 2. The van der Waals surface area contributed by atoms with Gasteiger partial charge in [0.25, 0.3) is 0 Å². The number of piperidine rings is 1. The summed E-state index contributed by atoms with van der Waals surface area (Å²) < 4.78 is 5.15. The number of aliphatic hydroxyl groups is 1. The maximum Gasteiger partial charge on any atom is 0.248 e. The largest absolute Gasteiger partial charge is 0.497 e. The van der Waals surface area contributed by atoms with Crippen LogP contribution in [0.3, 0.4) is 0 Å². The molecule has 1 aliphatic carbocycles. The van der Waals surface area contributed by atoms with Crippen molar-refractivity contribution in [2.24, 2.45) is 5.92 Å². The van der Waals surface area contributed by atoms with Gasteiger partial charge in [0.15, 0.2) is 0 Å². The van der Waals surface area contributed by atoms with Crippen molar-refractivity contribution in [2.45, 2.75) is 38.2 Å². The number of methoxy groups -OCH3 is 1. The molecule has 2 aliphatic rings. The fourth-order valence-corrected chi connectivity index (χ4v) is 4.68. The predicted octanol–water partition coefficient (Wildman–Crippen LogP) is 4.34. The lowest BCUT2D eigenvalue weighted by molar-refractivity contribution is -0.111. The molecular weight excluding hydrogens is 428 g/mol. The van der Waals surface area contributed by atoms with Crippen LogP contribution in [0.1, 0.15) is 36.9 Å². The van der Waals surface area contributed by atoms with Crippen LogP contribution in [-0.2, 0) is 4.79 Å². The number of carbonyl (C=O) groups is 1. The summed E-state index contributed by atoms with van der Waals surface area (Å²) in [6.45, 7) is 3.51. The number of carbonyl (C=O) groups excluding carboxylic acids is 1. The summed E-state index contributed by atoms with van der Waals surface area (Å²) >= 11 is 0. The fraction of sp³-hybridized carbons (Fsp3) is 0.370. The molecule has 1 amide bonds. The number of aryl methyl sites for hydroxylation is 1. The Kier molecular flexibility index (Phi) is 5.96. The van der Waals surface area contributed by atoms with E-state index < -0.39 is 5.60 Å². The molecular formula is C27H30N4O3. The number of nitrogens with zero attached hydrogens (tertiary/aromatic N) is 3. The molecule has 2 aromatic carbocycles. The number of amides is 1. The molecule has 5 rings (SSSR count). The van der Waals surface area contributed by atoms with Crippen molar-refractivity contribution in [3.8, 4) is 5.75 Å². The van der Waals surface area contributed by atoms with Gasteiger partial charge in [-0.25, -0.2) is 9.97 Å². The third-order valence-electron chi connectivity index (χ3n) is 6.93. The van der Waals surface area contributed by atoms with Gasteiger partial charge in [-0.15, -0.1) is 0 Å². The molecule has 1 saturated heterocycles. The second-order valence-corrected chi connectivity index (χ2v) is 9.30. The van der Waals surface area contributed by atoms with Crippen LogP contribution in [0, 0.1) is 12.8 Å². The summed E-state index contributed by atoms with van der Waals surface area (Å²) in [5, 5.41) is 14.6. The molecule has 2 heterocycles. The van der Waals surface area contributed by atoms with Gasteiger partial charge in [-0.3, -0.25) is 4.79 Å². The molecule has 0 radical (unpaired) electrons. The lowest BCUT2D eigenvalue weighted by Gasteiger charge is -2.38. The zero-order valence-electron chi connectivity index (χ0n) is 19.6. The second-order valence-electron chi connectivity index (χ2n) is 9.30. The van der Waals surface area contributed by atoms with Crippen molar-refractivity contribution < 1.29 is 14.6 Å². The number of ether oxygens (including phenoxy) is 1. The minimum Gasteiger partial charge on any atom is -0.497 e. The third-order valence-corrected chi connectivity index (χ3v) is 6.93. The zero-order chi connectivity index (χ0) is 23.7. The van der Waals surface area contributed by atoms with Gasteiger partial charge in [-0.05, 0) is 80.5 Å². The van der Waals surface area contributed by atoms with Crippen LogP contribution in [0.5, 0.6) is 5.75 Å². The number of benzene rings is 2. The Morgan fingerprint density at radius 3 is 2.56 bits per heavy atom. The average Bonchev–Trinajstić information content (AvgIpc) is 3.70. The van der Waals surface area contributed by atoms with Gasteiger partial charge in [0, 0.05) is 30.2 Å². The van der Waals surface area contributed by atoms with Gasteiger partial charge in [0.05, 0.1) is 23.9 Å². The van der Waals surface area contributed by atoms with E-state index in [1.807, 2.05) is 49.4 Å². The highest BCUT2D eigenvalue weighted by Crippen LogP contribution is 2.45. The normalized spacial score (nSPS) is 17.8. The Hall–Kier alpha value is -3.45. The first kappa shape index (κ1) is 22.3. The van der Waals surface area contributed by atoms with E-state index in [0.717, 1.165) is 66.7 Å². The van der Waals surface area contributed by atoms with Crippen LogP contribution in [0.25, 0.3) is 17.0 Å². The number of hydrogen-bond acceptors (Lipinski definition) is 6. The molecule has 1 aromatic heterocycles. The number of rotatable bonds is 6. The van der Waals surface area contributed by atoms with Crippen molar-refractivity contribution in [3.63, 3.8) is 0 Å². The molecule has 7 heteroatoms. The standard InChI is InChI=1S/C27H30N4O3/c1-18-23-17-21(29-25(32)12-5-19-3-9-22(34-2)10-4-19)8-11-24(23)30-26(28-18)31-15-13-27(33,14-16-31)20-6-7-20/h3-5,8-12,17,20,33H,6-7,13-16H2,1-2H3,(H,29,32)/b12-5+. The Morgan fingerprint density at radius 1 is 1.15 bits per heavy atom. The quantitative estimate of drug-likeness (QED) is 0.535. The number of fused-ring (bicyclic) bond motifs is 1. The predicted molar refractivity (Wildman–Crippen MR) is 134 cm³/mol. The van der Waals surface area contributed by atoms with Crippen LogP contribution in [-0.4, -0.2) is 46.8 Å². The summed E-state index contributed by atoms with van der Waals surface area (Å²) in [6.07, 6.45) is 7.12. The summed E-state index contributed by atoms with van der Waals surface area (Å²) in [7, 11) is 1.62. The summed E-state index contributed by atoms with van der Waals surface area (Å²) in [5.41, 5.74) is 2.82. The van der Waals surface area contributed by atoms with Crippen LogP contribution in [0.2, 0.25) is 0 Å². The molecule has 2 fully saturated rings. The van der Waals surface area contributed by atoms with Crippen molar-refractivity contribution in [2.75, 3.05) is 30.4 Å². The lowest BCUT2D eigenvalue weighted by Crippen LogP contribution is -2.46. The van der Waals surface area contributed by atoms with E-state index in [4.69, 9.17) is 14.7 Å². The molecule has 3 aromatic rings. The van der Waals surface area contributed by atoms with Crippen LogP contribution < -0.4 is 15.0 Å². The summed E-state index contributed by atoms with van der Waals surface area (Å²) in [5.74, 6) is 1.76. The van der Waals surface area contributed by atoms with E-state index in [-0.39, 0.29) is 5.91 Å². The minimum absolute atomic E-state index is 0.207. The summed E-state index contributed by atoms with van der Waals surface area (Å²) in [6, 6.07) is 13.2. The average molecular weight is 459 g/mol. The van der Waals surface area contributed by atoms with Gasteiger partial charge >= 0.3 is 0 Å². The molecule has 7 nitrogen and oxygen atoms in total. The molecule has 0 spiro atoms. The first-order valence-corrected chi connectivity index (χ1v) is 11.8. The van der Waals surface area contributed by atoms with E-state index in [9.17, 15) is 9.90 Å². The Bertz CT molecular complexity index is 1230. The molecule has 1 aliphatic heterocycles. The van der Waals surface area contributed by atoms with E-state index in [0.29, 0.717) is 17.6 Å². The second kappa shape index (κ2) is 9.06. The molecule has 2 N–H and O–H groups in total. The van der Waals surface area contributed by atoms with Crippen LogP contribution in [0.4, 0.5) is 11.6 Å². The van der Waals surface area contributed by atoms with Gasteiger partial charge in [-0.2, -0.15) is 0 Å². The SMILES string of the molecule is COc1ccc(/C=C/C(=O)Nc2ccc3nc(N4CCC(O)(C5CC5)CC4)nc(C)c3c2)cc1. The van der Waals surface area contributed by atoms with Crippen LogP contribution >= 0.6 is 0 Å². The Labute approximate surface area is 199 Å². The first-order chi connectivity index (χ1) is 16.4. The van der Waals surface area contributed by atoms with Gasteiger partial charge < -0.3 is 20.1 Å². The number of nitrogens with one attached hydrogen (secondary N) is 1.